The Bertz CT molecular complexity index is 1100. The third-order valence-corrected chi connectivity index (χ3v) is 4.36. The summed E-state index contributed by atoms with van der Waals surface area (Å²) in [6.07, 6.45) is 2.56. The Balaban J connectivity index is 2.03. The van der Waals surface area contributed by atoms with Gasteiger partial charge in [0.1, 0.15) is 11.4 Å². The van der Waals surface area contributed by atoms with Gasteiger partial charge >= 0.3 is 0 Å². The number of ether oxygens (including phenoxy) is 2. The summed E-state index contributed by atoms with van der Waals surface area (Å²) >= 11 is 0. The molecule has 0 saturated heterocycles. The topological polar surface area (TPSA) is 86.1 Å². The minimum Gasteiger partial charge on any atom is -0.490 e. The molecule has 4 rings (SSSR count). The van der Waals surface area contributed by atoms with Crippen LogP contribution in [0.4, 0.5) is 0 Å². The maximum Gasteiger partial charge on any atom is 0.276 e. The summed E-state index contributed by atoms with van der Waals surface area (Å²) in [7, 11) is 1.66. The molecule has 0 saturated carbocycles. The third-order valence-electron chi connectivity index (χ3n) is 4.36. The Hall–Kier alpha value is -2.93. The van der Waals surface area contributed by atoms with Crippen LogP contribution in [-0.2, 0) is 17.8 Å². The zero-order valence-electron chi connectivity index (χ0n) is 15.9. The van der Waals surface area contributed by atoms with Crippen molar-refractivity contribution in [3.63, 3.8) is 0 Å². The quantitative estimate of drug-likeness (QED) is 0.549. The molecule has 0 aliphatic rings. The van der Waals surface area contributed by atoms with E-state index >= 15 is 0 Å². The number of rotatable bonds is 6. The Kier molecular flexibility index (Phi) is 4.53. The van der Waals surface area contributed by atoms with Gasteiger partial charge in [-0.1, -0.05) is 18.1 Å². The van der Waals surface area contributed by atoms with Crippen LogP contribution < -0.4 is 4.74 Å². The first kappa shape index (κ1) is 17.5. The number of nitrogens with zero attached hydrogens (tertiary/aromatic N) is 3. The standard InChI is InChI=1S/C20H22N4O3/c1-5-16-23-20(27-24-16)19-12(10-25-4)17-14(9-21-19)22-13-7-6-8-15(18(13)17)26-11(2)3/h6-9,11,22H,5,10H2,1-4H3. The second-order valence-corrected chi connectivity index (χ2v) is 6.65. The average Bonchev–Trinajstić information content (AvgIpc) is 3.26. The number of aromatic amines is 1. The molecular weight excluding hydrogens is 344 g/mol. The summed E-state index contributed by atoms with van der Waals surface area (Å²) in [5, 5.41) is 6.01. The van der Waals surface area contributed by atoms with Crippen LogP contribution >= 0.6 is 0 Å². The molecule has 0 aliphatic carbocycles. The Labute approximate surface area is 156 Å². The molecule has 4 aromatic rings. The first-order valence-corrected chi connectivity index (χ1v) is 9.03. The van der Waals surface area contributed by atoms with Crippen molar-refractivity contribution < 1.29 is 14.0 Å². The molecule has 0 fully saturated rings. The second kappa shape index (κ2) is 7.00. The normalized spacial score (nSPS) is 11.7. The summed E-state index contributed by atoms with van der Waals surface area (Å²) in [5.41, 5.74) is 3.43. The monoisotopic (exact) mass is 366 g/mol. The molecule has 140 valence electrons. The van der Waals surface area contributed by atoms with E-state index in [0.717, 1.165) is 33.1 Å². The predicted molar refractivity (Wildman–Crippen MR) is 103 cm³/mol. The molecule has 7 heteroatoms. The summed E-state index contributed by atoms with van der Waals surface area (Å²) in [6.45, 7) is 6.38. The van der Waals surface area contributed by atoms with Gasteiger partial charge in [0.05, 0.1) is 29.9 Å². The molecule has 0 spiro atoms. The van der Waals surface area contributed by atoms with E-state index in [1.165, 1.54) is 0 Å². The van der Waals surface area contributed by atoms with Gasteiger partial charge < -0.3 is 19.0 Å². The maximum absolute atomic E-state index is 6.06. The number of pyridine rings is 1. The summed E-state index contributed by atoms with van der Waals surface area (Å²) in [4.78, 5) is 12.4. The van der Waals surface area contributed by atoms with Crippen molar-refractivity contribution in [1.29, 1.82) is 0 Å². The molecule has 3 heterocycles. The summed E-state index contributed by atoms with van der Waals surface area (Å²) in [6, 6.07) is 5.99. The smallest absolute Gasteiger partial charge is 0.276 e. The van der Waals surface area contributed by atoms with E-state index < -0.39 is 0 Å². The van der Waals surface area contributed by atoms with Gasteiger partial charge in [-0.2, -0.15) is 4.98 Å². The van der Waals surface area contributed by atoms with Crippen molar-refractivity contribution in [3.05, 3.63) is 35.8 Å². The van der Waals surface area contributed by atoms with Crippen molar-refractivity contribution in [2.45, 2.75) is 39.9 Å². The molecule has 27 heavy (non-hydrogen) atoms. The molecule has 1 N–H and O–H groups in total. The average molecular weight is 366 g/mol. The third kappa shape index (κ3) is 3.04. The Morgan fingerprint density at radius 2 is 2.04 bits per heavy atom. The molecule has 0 unspecified atom stereocenters. The molecule has 3 aromatic heterocycles. The highest BCUT2D eigenvalue weighted by Gasteiger charge is 2.21. The van der Waals surface area contributed by atoms with Crippen LogP contribution in [0.3, 0.4) is 0 Å². The molecule has 0 radical (unpaired) electrons. The van der Waals surface area contributed by atoms with Crippen LogP contribution in [0.1, 0.15) is 32.2 Å². The van der Waals surface area contributed by atoms with Gasteiger partial charge in [0.25, 0.3) is 5.89 Å². The van der Waals surface area contributed by atoms with Crippen LogP contribution in [0.15, 0.2) is 28.9 Å². The Morgan fingerprint density at radius 1 is 1.19 bits per heavy atom. The van der Waals surface area contributed by atoms with Crippen LogP contribution in [0.5, 0.6) is 5.75 Å². The number of H-pyrrole nitrogens is 1. The predicted octanol–water partition coefficient (Wildman–Crippen LogP) is 4.26. The summed E-state index contributed by atoms with van der Waals surface area (Å²) in [5.74, 6) is 1.87. The van der Waals surface area contributed by atoms with Crippen LogP contribution in [0.2, 0.25) is 0 Å². The number of aryl methyl sites for hydroxylation is 1. The van der Waals surface area contributed by atoms with Crippen LogP contribution in [0, 0.1) is 0 Å². The molecular formula is C20H22N4O3. The SMILES string of the molecule is CCc1noc(-c2ncc3[nH]c4cccc(OC(C)C)c4c3c2COC)n1. The zero-order valence-corrected chi connectivity index (χ0v) is 15.9. The van der Waals surface area contributed by atoms with Gasteiger partial charge in [-0.05, 0) is 26.0 Å². The number of aromatic nitrogens is 4. The Morgan fingerprint density at radius 3 is 2.74 bits per heavy atom. The van der Waals surface area contributed by atoms with Crippen molar-refractivity contribution in [2.75, 3.05) is 7.11 Å². The zero-order chi connectivity index (χ0) is 19.0. The molecule has 0 atom stereocenters. The summed E-state index contributed by atoms with van der Waals surface area (Å²) < 4.78 is 17.0. The van der Waals surface area contributed by atoms with E-state index in [1.807, 2.05) is 39.0 Å². The van der Waals surface area contributed by atoms with Crippen molar-refractivity contribution in [3.8, 4) is 17.3 Å². The van der Waals surface area contributed by atoms with Gasteiger partial charge in [0.15, 0.2) is 5.82 Å². The first-order valence-electron chi connectivity index (χ1n) is 9.03. The maximum atomic E-state index is 6.06. The fourth-order valence-electron chi connectivity index (χ4n) is 3.29. The van der Waals surface area contributed by atoms with E-state index in [9.17, 15) is 0 Å². The highest BCUT2D eigenvalue weighted by molar-refractivity contribution is 6.12. The van der Waals surface area contributed by atoms with Gasteiger partial charge in [-0.3, -0.25) is 0 Å². The van der Waals surface area contributed by atoms with Crippen molar-refractivity contribution >= 4 is 21.8 Å². The molecule has 7 nitrogen and oxygen atoms in total. The lowest BCUT2D eigenvalue weighted by atomic mass is 10.0. The van der Waals surface area contributed by atoms with Crippen molar-refractivity contribution in [2.24, 2.45) is 0 Å². The first-order chi connectivity index (χ1) is 13.1. The largest absolute Gasteiger partial charge is 0.490 e. The van der Waals surface area contributed by atoms with Gasteiger partial charge in [0.2, 0.25) is 0 Å². The fourth-order valence-corrected chi connectivity index (χ4v) is 3.29. The molecule has 0 aliphatic heterocycles. The minimum atomic E-state index is 0.0655. The van der Waals surface area contributed by atoms with E-state index in [4.69, 9.17) is 14.0 Å². The highest BCUT2D eigenvalue weighted by Crippen LogP contribution is 2.38. The van der Waals surface area contributed by atoms with Gasteiger partial charge in [-0.25, -0.2) is 4.98 Å². The lowest BCUT2D eigenvalue weighted by Crippen LogP contribution is -2.05. The van der Waals surface area contributed by atoms with Gasteiger partial charge in [0, 0.05) is 29.9 Å². The number of hydrogen-bond donors (Lipinski definition) is 1. The fraction of sp³-hybridized carbons (Fsp3) is 0.350. The molecule has 0 amide bonds. The number of fused-ring (bicyclic) bond motifs is 3. The number of hydrogen-bond acceptors (Lipinski definition) is 6. The van der Waals surface area contributed by atoms with E-state index in [0.29, 0.717) is 30.4 Å². The van der Waals surface area contributed by atoms with Crippen LogP contribution in [-0.4, -0.2) is 33.3 Å². The number of nitrogens with one attached hydrogen (secondary N) is 1. The second-order valence-electron chi connectivity index (χ2n) is 6.65. The van der Waals surface area contributed by atoms with E-state index in [1.54, 1.807) is 13.3 Å². The highest BCUT2D eigenvalue weighted by atomic mass is 16.5. The van der Waals surface area contributed by atoms with Crippen LogP contribution in [0.25, 0.3) is 33.4 Å². The molecule has 0 bridgehead atoms. The molecule has 1 aromatic carbocycles. The minimum absolute atomic E-state index is 0.0655. The van der Waals surface area contributed by atoms with E-state index in [2.05, 4.69) is 20.1 Å². The van der Waals surface area contributed by atoms with E-state index in [-0.39, 0.29) is 6.10 Å². The van der Waals surface area contributed by atoms with Crippen molar-refractivity contribution in [1.82, 2.24) is 20.1 Å². The lowest BCUT2D eigenvalue weighted by Gasteiger charge is -2.12. The lowest BCUT2D eigenvalue weighted by molar-refractivity contribution is 0.186. The number of benzene rings is 1. The number of methoxy groups -OCH3 is 1. The van der Waals surface area contributed by atoms with Gasteiger partial charge in [-0.15, -0.1) is 0 Å².